The fourth-order valence-corrected chi connectivity index (χ4v) is 2.67. The van der Waals surface area contributed by atoms with Crippen LogP contribution < -0.4 is 5.32 Å². The van der Waals surface area contributed by atoms with Crippen molar-refractivity contribution in [3.05, 3.63) is 34.1 Å². The molecule has 0 radical (unpaired) electrons. The van der Waals surface area contributed by atoms with E-state index in [1.165, 1.54) is 12.5 Å². The number of hydrogen-bond donors (Lipinski definition) is 1. The van der Waals surface area contributed by atoms with Gasteiger partial charge in [-0.05, 0) is 55.5 Å². The van der Waals surface area contributed by atoms with E-state index in [2.05, 4.69) is 42.0 Å². The predicted molar refractivity (Wildman–Crippen MR) is 79.3 cm³/mol. The van der Waals surface area contributed by atoms with Crippen LogP contribution >= 0.6 is 15.9 Å². The zero-order valence-corrected chi connectivity index (χ0v) is 13.1. The molecular formula is C15H23BrFN. The van der Waals surface area contributed by atoms with E-state index >= 15 is 0 Å². The van der Waals surface area contributed by atoms with E-state index in [9.17, 15) is 4.39 Å². The summed E-state index contributed by atoms with van der Waals surface area (Å²) in [7, 11) is 0. The highest BCUT2D eigenvalue weighted by Gasteiger charge is 2.11. The highest BCUT2D eigenvalue weighted by atomic mass is 79.9. The van der Waals surface area contributed by atoms with Crippen LogP contribution in [0.25, 0.3) is 0 Å². The van der Waals surface area contributed by atoms with Crippen LogP contribution in [-0.4, -0.2) is 12.6 Å². The van der Waals surface area contributed by atoms with Crippen molar-refractivity contribution in [3.8, 4) is 0 Å². The average molecular weight is 316 g/mol. The zero-order valence-electron chi connectivity index (χ0n) is 11.5. The second-order valence-electron chi connectivity index (χ2n) is 5.16. The van der Waals surface area contributed by atoms with Crippen molar-refractivity contribution in [2.24, 2.45) is 5.92 Å². The lowest BCUT2D eigenvalue weighted by molar-refractivity contribution is 0.405. The van der Waals surface area contributed by atoms with Gasteiger partial charge in [-0.25, -0.2) is 4.39 Å². The molecule has 1 rings (SSSR count). The third-order valence-corrected chi connectivity index (χ3v) is 3.79. The third kappa shape index (κ3) is 5.49. The Hall–Kier alpha value is -0.410. The first kappa shape index (κ1) is 15.6. The van der Waals surface area contributed by atoms with Gasteiger partial charge >= 0.3 is 0 Å². The Balaban J connectivity index is 2.57. The van der Waals surface area contributed by atoms with Crippen LogP contribution in [0.1, 0.15) is 39.2 Å². The molecule has 3 heteroatoms. The number of rotatable bonds is 7. The predicted octanol–water partition coefficient (Wildman–Crippen LogP) is 4.55. The molecule has 0 amide bonds. The molecule has 0 aromatic heterocycles. The van der Waals surface area contributed by atoms with E-state index in [0.717, 1.165) is 29.4 Å². The Kier molecular flexibility index (Phi) is 6.87. The molecule has 0 saturated heterocycles. The van der Waals surface area contributed by atoms with E-state index in [-0.39, 0.29) is 5.82 Å². The Morgan fingerprint density at radius 2 is 2.06 bits per heavy atom. The first-order valence-electron chi connectivity index (χ1n) is 6.70. The maximum absolute atomic E-state index is 13.2. The smallest absolute Gasteiger partial charge is 0.123 e. The van der Waals surface area contributed by atoms with Gasteiger partial charge in [0.1, 0.15) is 5.82 Å². The molecule has 1 unspecified atom stereocenters. The standard InChI is InChI=1S/C15H23BrFN/c1-4-18-14(9-11(2)3)7-5-12-10-13(17)6-8-15(12)16/h6,8,10-11,14,18H,4-5,7,9H2,1-3H3. The number of halogens is 2. The molecule has 102 valence electrons. The first-order chi connectivity index (χ1) is 8.52. The summed E-state index contributed by atoms with van der Waals surface area (Å²) in [5.74, 6) is 0.530. The second-order valence-corrected chi connectivity index (χ2v) is 6.01. The zero-order chi connectivity index (χ0) is 13.5. The Morgan fingerprint density at radius 3 is 2.67 bits per heavy atom. The van der Waals surface area contributed by atoms with Gasteiger partial charge in [-0.2, -0.15) is 0 Å². The Bertz CT molecular complexity index is 366. The van der Waals surface area contributed by atoms with E-state index in [1.54, 1.807) is 12.1 Å². The molecule has 0 bridgehead atoms. The molecule has 0 aliphatic carbocycles. The largest absolute Gasteiger partial charge is 0.314 e. The van der Waals surface area contributed by atoms with Crippen molar-refractivity contribution in [2.45, 2.75) is 46.1 Å². The molecule has 0 heterocycles. The SMILES string of the molecule is CCNC(CCc1cc(F)ccc1Br)CC(C)C. The van der Waals surface area contributed by atoms with Gasteiger partial charge in [-0.1, -0.05) is 36.7 Å². The van der Waals surface area contributed by atoms with Crippen LogP contribution in [0.15, 0.2) is 22.7 Å². The van der Waals surface area contributed by atoms with Gasteiger partial charge in [0, 0.05) is 10.5 Å². The average Bonchev–Trinajstić information content (AvgIpc) is 2.29. The summed E-state index contributed by atoms with van der Waals surface area (Å²) in [5.41, 5.74) is 1.06. The van der Waals surface area contributed by atoms with Crippen molar-refractivity contribution < 1.29 is 4.39 Å². The van der Waals surface area contributed by atoms with E-state index in [4.69, 9.17) is 0 Å². The monoisotopic (exact) mass is 315 g/mol. The fraction of sp³-hybridized carbons (Fsp3) is 0.600. The number of nitrogens with one attached hydrogen (secondary N) is 1. The first-order valence-corrected chi connectivity index (χ1v) is 7.49. The third-order valence-electron chi connectivity index (χ3n) is 3.02. The summed E-state index contributed by atoms with van der Waals surface area (Å²) >= 11 is 3.48. The maximum atomic E-state index is 13.2. The van der Waals surface area contributed by atoms with Crippen molar-refractivity contribution in [1.29, 1.82) is 0 Å². The highest BCUT2D eigenvalue weighted by Crippen LogP contribution is 2.21. The molecule has 0 spiro atoms. The number of hydrogen-bond acceptors (Lipinski definition) is 1. The van der Waals surface area contributed by atoms with Crippen LogP contribution in [0.4, 0.5) is 4.39 Å². The van der Waals surface area contributed by atoms with Gasteiger partial charge in [0.2, 0.25) is 0 Å². The highest BCUT2D eigenvalue weighted by molar-refractivity contribution is 9.10. The summed E-state index contributed by atoms with van der Waals surface area (Å²) < 4.78 is 14.2. The molecular weight excluding hydrogens is 293 g/mol. The maximum Gasteiger partial charge on any atom is 0.123 e. The fourth-order valence-electron chi connectivity index (χ4n) is 2.23. The normalized spacial score (nSPS) is 13.0. The van der Waals surface area contributed by atoms with Crippen LogP contribution in [0.5, 0.6) is 0 Å². The van der Waals surface area contributed by atoms with E-state index in [0.29, 0.717) is 12.0 Å². The lowest BCUT2D eigenvalue weighted by Gasteiger charge is -2.20. The van der Waals surface area contributed by atoms with Crippen molar-refractivity contribution in [1.82, 2.24) is 5.32 Å². The van der Waals surface area contributed by atoms with Gasteiger partial charge in [0.05, 0.1) is 0 Å². The molecule has 1 nitrogen and oxygen atoms in total. The second kappa shape index (κ2) is 7.90. The van der Waals surface area contributed by atoms with Crippen molar-refractivity contribution in [2.75, 3.05) is 6.54 Å². The van der Waals surface area contributed by atoms with Gasteiger partial charge in [0.15, 0.2) is 0 Å². The summed E-state index contributed by atoms with van der Waals surface area (Å²) in [6, 6.07) is 5.42. The Labute approximate surface area is 118 Å². The van der Waals surface area contributed by atoms with Crippen molar-refractivity contribution >= 4 is 15.9 Å². The molecule has 1 aromatic carbocycles. The summed E-state index contributed by atoms with van der Waals surface area (Å²) in [6.45, 7) is 7.60. The lowest BCUT2D eigenvalue weighted by atomic mass is 9.97. The molecule has 1 atom stereocenters. The summed E-state index contributed by atoms with van der Waals surface area (Å²) in [6.07, 6.45) is 3.12. The molecule has 0 aliphatic heterocycles. The van der Waals surface area contributed by atoms with Gasteiger partial charge in [-0.3, -0.25) is 0 Å². The Morgan fingerprint density at radius 1 is 1.33 bits per heavy atom. The molecule has 0 aliphatic rings. The van der Waals surface area contributed by atoms with Crippen LogP contribution in [-0.2, 0) is 6.42 Å². The minimum absolute atomic E-state index is 0.155. The van der Waals surface area contributed by atoms with Crippen LogP contribution in [0.2, 0.25) is 0 Å². The molecule has 1 N–H and O–H groups in total. The summed E-state index contributed by atoms with van der Waals surface area (Å²) in [5, 5.41) is 3.51. The quantitative estimate of drug-likeness (QED) is 0.778. The molecule has 0 saturated carbocycles. The van der Waals surface area contributed by atoms with Gasteiger partial charge < -0.3 is 5.32 Å². The van der Waals surface area contributed by atoms with E-state index < -0.39 is 0 Å². The minimum Gasteiger partial charge on any atom is -0.314 e. The van der Waals surface area contributed by atoms with Crippen LogP contribution in [0.3, 0.4) is 0 Å². The van der Waals surface area contributed by atoms with Crippen LogP contribution in [0, 0.1) is 11.7 Å². The molecule has 18 heavy (non-hydrogen) atoms. The molecule has 0 fully saturated rings. The van der Waals surface area contributed by atoms with Crippen molar-refractivity contribution in [3.63, 3.8) is 0 Å². The minimum atomic E-state index is -0.155. The molecule has 1 aromatic rings. The lowest BCUT2D eigenvalue weighted by Crippen LogP contribution is -2.30. The van der Waals surface area contributed by atoms with Gasteiger partial charge in [-0.15, -0.1) is 0 Å². The van der Waals surface area contributed by atoms with Gasteiger partial charge in [0.25, 0.3) is 0 Å². The number of aryl methyl sites for hydroxylation is 1. The summed E-state index contributed by atoms with van der Waals surface area (Å²) in [4.78, 5) is 0. The number of benzene rings is 1. The topological polar surface area (TPSA) is 12.0 Å². The van der Waals surface area contributed by atoms with E-state index in [1.807, 2.05) is 0 Å².